The number of thiocarbonyl (C=S) groups is 1. The van der Waals surface area contributed by atoms with Crippen molar-refractivity contribution in [2.24, 2.45) is 0 Å². The van der Waals surface area contributed by atoms with Crippen LogP contribution in [0.25, 0.3) is 0 Å². The monoisotopic (exact) mass is 442 g/mol. The quantitative estimate of drug-likeness (QED) is 0.313. The molecular formula is C21H22N4O5S. The standard InChI is InChI=1S/C21H22N4O5S/c1-30-20(27)15-7-3-4-8-16(15)22-21(31)23-19(26)14-9-10-17(18(13-14)25(28)29)24-11-5-2-6-12-24/h3-4,7-10,13H,2,5-6,11-12H2,1H3,(H2,22,23,26,31). The highest BCUT2D eigenvalue weighted by molar-refractivity contribution is 7.80. The van der Waals surface area contributed by atoms with Crippen molar-refractivity contribution in [2.75, 3.05) is 30.4 Å². The second-order valence-corrected chi connectivity index (χ2v) is 7.36. The van der Waals surface area contributed by atoms with Gasteiger partial charge in [0.05, 0.1) is 23.3 Å². The summed E-state index contributed by atoms with van der Waals surface area (Å²) in [5.41, 5.74) is 1.12. The lowest BCUT2D eigenvalue weighted by Gasteiger charge is -2.28. The third kappa shape index (κ3) is 5.34. The van der Waals surface area contributed by atoms with Gasteiger partial charge in [0.15, 0.2) is 5.11 Å². The van der Waals surface area contributed by atoms with E-state index in [9.17, 15) is 19.7 Å². The van der Waals surface area contributed by atoms with Crippen LogP contribution in [0.4, 0.5) is 17.1 Å². The lowest BCUT2D eigenvalue weighted by Crippen LogP contribution is -2.34. The molecule has 0 spiro atoms. The Hall–Kier alpha value is -3.53. The van der Waals surface area contributed by atoms with E-state index >= 15 is 0 Å². The van der Waals surface area contributed by atoms with Gasteiger partial charge < -0.3 is 15.0 Å². The van der Waals surface area contributed by atoms with E-state index in [0.717, 1.165) is 32.4 Å². The van der Waals surface area contributed by atoms with Gasteiger partial charge in [-0.05, 0) is 55.7 Å². The van der Waals surface area contributed by atoms with E-state index < -0.39 is 16.8 Å². The van der Waals surface area contributed by atoms with Crippen molar-refractivity contribution in [1.82, 2.24) is 5.32 Å². The molecule has 1 saturated heterocycles. The highest BCUT2D eigenvalue weighted by Crippen LogP contribution is 2.31. The molecule has 9 nitrogen and oxygen atoms in total. The molecule has 2 aromatic carbocycles. The number of benzene rings is 2. The molecule has 1 aliphatic rings. The third-order valence-corrected chi connectivity index (χ3v) is 5.14. The van der Waals surface area contributed by atoms with Crippen molar-refractivity contribution in [1.29, 1.82) is 0 Å². The minimum Gasteiger partial charge on any atom is -0.465 e. The fourth-order valence-electron chi connectivity index (χ4n) is 3.42. The highest BCUT2D eigenvalue weighted by Gasteiger charge is 2.23. The molecule has 0 unspecified atom stereocenters. The molecule has 3 rings (SSSR count). The van der Waals surface area contributed by atoms with Gasteiger partial charge in [0, 0.05) is 24.7 Å². The summed E-state index contributed by atoms with van der Waals surface area (Å²) in [6.07, 6.45) is 3.06. The fourth-order valence-corrected chi connectivity index (χ4v) is 3.62. The number of amides is 1. The Morgan fingerprint density at radius 3 is 2.52 bits per heavy atom. The van der Waals surface area contributed by atoms with E-state index in [-0.39, 0.29) is 21.9 Å². The number of nitro groups is 1. The first-order valence-corrected chi connectivity index (χ1v) is 10.1. The first kappa shape index (κ1) is 22.2. The molecule has 1 aliphatic heterocycles. The Labute approximate surface area is 184 Å². The summed E-state index contributed by atoms with van der Waals surface area (Å²) in [6.45, 7) is 1.50. The Balaban J connectivity index is 1.74. The van der Waals surface area contributed by atoms with E-state index in [4.69, 9.17) is 17.0 Å². The fraction of sp³-hybridized carbons (Fsp3) is 0.286. The number of carbonyl (C=O) groups is 2. The number of esters is 1. The summed E-state index contributed by atoms with van der Waals surface area (Å²) in [7, 11) is 1.26. The Morgan fingerprint density at radius 2 is 1.84 bits per heavy atom. The predicted octanol–water partition coefficient (Wildman–Crippen LogP) is 3.50. The van der Waals surface area contributed by atoms with Crippen molar-refractivity contribution in [3.8, 4) is 0 Å². The van der Waals surface area contributed by atoms with E-state index in [1.165, 1.54) is 19.2 Å². The van der Waals surface area contributed by atoms with Gasteiger partial charge in [-0.15, -0.1) is 0 Å². The molecule has 0 bridgehead atoms. The zero-order chi connectivity index (χ0) is 22.4. The zero-order valence-electron chi connectivity index (χ0n) is 16.9. The van der Waals surface area contributed by atoms with Gasteiger partial charge in [-0.1, -0.05) is 12.1 Å². The van der Waals surface area contributed by atoms with Crippen molar-refractivity contribution < 1.29 is 19.2 Å². The Bertz CT molecular complexity index is 1020. The van der Waals surface area contributed by atoms with Gasteiger partial charge in [-0.3, -0.25) is 20.2 Å². The summed E-state index contributed by atoms with van der Waals surface area (Å²) < 4.78 is 4.73. The van der Waals surface area contributed by atoms with Crippen LogP contribution in [0.3, 0.4) is 0 Å². The van der Waals surface area contributed by atoms with Gasteiger partial charge in [0.1, 0.15) is 5.69 Å². The van der Waals surface area contributed by atoms with Crippen LogP contribution in [-0.4, -0.2) is 42.1 Å². The number of nitro benzene ring substituents is 1. The summed E-state index contributed by atoms with van der Waals surface area (Å²) >= 11 is 5.17. The molecule has 162 valence electrons. The van der Waals surface area contributed by atoms with Crippen LogP contribution in [0.15, 0.2) is 42.5 Å². The maximum Gasteiger partial charge on any atom is 0.339 e. The predicted molar refractivity (Wildman–Crippen MR) is 121 cm³/mol. The molecule has 0 atom stereocenters. The SMILES string of the molecule is COC(=O)c1ccccc1NC(=S)NC(=O)c1ccc(N2CCCCC2)c([N+](=O)[O-])c1. The number of methoxy groups -OCH3 is 1. The van der Waals surface area contributed by atoms with Crippen molar-refractivity contribution in [2.45, 2.75) is 19.3 Å². The number of hydrogen-bond donors (Lipinski definition) is 2. The molecule has 1 fully saturated rings. The maximum atomic E-state index is 12.6. The number of rotatable bonds is 5. The molecule has 31 heavy (non-hydrogen) atoms. The first-order valence-electron chi connectivity index (χ1n) is 9.73. The van der Waals surface area contributed by atoms with Crippen LogP contribution in [0.2, 0.25) is 0 Å². The number of hydrogen-bond acceptors (Lipinski definition) is 7. The van der Waals surface area contributed by atoms with Crippen LogP contribution in [0.1, 0.15) is 40.0 Å². The topological polar surface area (TPSA) is 114 Å². The number of carbonyl (C=O) groups excluding carboxylic acids is 2. The zero-order valence-corrected chi connectivity index (χ0v) is 17.7. The number of ether oxygens (including phenoxy) is 1. The third-order valence-electron chi connectivity index (χ3n) is 4.94. The molecule has 2 N–H and O–H groups in total. The summed E-state index contributed by atoms with van der Waals surface area (Å²) in [6, 6.07) is 10.9. The largest absolute Gasteiger partial charge is 0.465 e. The second-order valence-electron chi connectivity index (χ2n) is 6.95. The van der Waals surface area contributed by atoms with Gasteiger partial charge in [-0.2, -0.15) is 0 Å². The molecule has 0 radical (unpaired) electrons. The maximum absolute atomic E-state index is 12.6. The summed E-state index contributed by atoms with van der Waals surface area (Å²) in [4.78, 5) is 37.6. The molecule has 1 heterocycles. The molecular weight excluding hydrogens is 420 g/mol. The molecule has 0 aromatic heterocycles. The van der Waals surface area contributed by atoms with Gasteiger partial charge >= 0.3 is 5.97 Å². The van der Waals surface area contributed by atoms with E-state index in [1.807, 2.05) is 4.90 Å². The summed E-state index contributed by atoms with van der Waals surface area (Å²) in [5, 5.41) is 16.8. The lowest BCUT2D eigenvalue weighted by atomic mass is 10.1. The number of anilines is 2. The molecule has 1 amide bonds. The van der Waals surface area contributed by atoms with E-state index in [1.54, 1.807) is 30.3 Å². The molecule has 0 aliphatic carbocycles. The Morgan fingerprint density at radius 1 is 1.13 bits per heavy atom. The number of para-hydroxylation sites is 1. The normalized spacial score (nSPS) is 13.3. The van der Waals surface area contributed by atoms with Gasteiger partial charge in [0.2, 0.25) is 0 Å². The number of piperidine rings is 1. The van der Waals surface area contributed by atoms with Gasteiger partial charge in [0.25, 0.3) is 11.6 Å². The summed E-state index contributed by atoms with van der Waals surface area (Å²) in [5.74, 6) is -1.15. The van der Waals surface area contributed by atoms with Crippen LogP contribution in [-0.2, 0) is 4.74 Å². The molecule has 10 heteroatoms. The smallest absolute Gasteiger partial charge is 0.339 e. The van der Waals surface area contributed by atoms with E-state index in [0.29, 0.717) is 11.4 Å². The lowest BCUT2D eigenvalue weighted by molar-refractivity contribution is -0.384. The number of nitrogens with one attached hydrogen (secondary N) is 2. The van der Waals surface area contributed by atoms with Crippen molar-refractivity contribution in [3.05, 3.63) is 63.7 Å². The van der Waals surface area contributed by atoms with Gasteiger partial charge in [-0.25, -0.2) is 4.79 Å². The van der Waals surface area contributed by atoms with E-state index in [2.05, 4.69) is 10.6 Å². The van der Waals surface area contributed by atoms with Crippen LogP contribution in [0, 0.1) is 10.1 Å². The average molecular weight is 442 g/mol. The highest BCUT2D eigenvalue weighted by atomic mass is 32.1. The first-order chi connectivity index (χ1) is 14.9. The number of nitrogens with zero attached hydrogens (tertiary/aromatic N) is 2. The van der Waals surface area contributed by atoms with Crippen molar-refractivity contribution >= 4 is 46.3 Å². The van der Waals surface area contributed by atoms with Crippen LogP contribution < -0.4 is 15.5 Å². The Kier molecular flexibility index (Phi) is 7.14. The minimum atomic E-state index is -0.596. The van der Waals surface area contributed by atoms with Crippen LogP contribution in [0.5, 0.6) is 0 Å². The minimum absolute atomic E-state index is 0.0517. The second kappa shape index (κ2) is 9.98. The van der Waals surface area contributed by atoms with Crippen molar-refractivity contribution in [3.63, 3.8) is 0 Å². The molecule has 0 saturated carbocycles. The van der Waals surface area contributed by atoms with Crippen LogP contribution >= 0.6 is 12.2 Å². The average Bonchev–Trinajstić information content (AvgIpc) is 2.79. The molecule has 2 aromatic rings.